The molecule has 0 aliphatic carbocycles. The van der Waals surface area contributed by atoms with E-state index in [0.717, 1.165) is 12.2 Å². The first-order valence-corrected chi connectivity index (χ1v) is 4.38. The summed E-state index contributed by atoms with van der Waals surface area (Å²) in [5.41, 5.74) is 0. The molecule has 0 aliphatic heterocycles. The Balaban J connectivity index is 3.86. The number of ether oxygens (including phenoxy) is 1. The van der Waals surface area contributed by atoms with Gasteiger partial charge in [0.2, 0.25) is 0 Å². The Kier molecular flexibility index (Phi) is 7.46. The number of hydrogen-bond donors (Lipinski definition) is 0. The third-order valence-corrected chi connectivity index (χ3v) is 1.54. The molecular formula is C11H18O. The van der Waals surface area contributed by atoms with Gasteiger partial charge in [0, 0.05) is 0 Å². The zero-order valence-corrected chi connectivity index (χ0v) is 8.05. The summed E-state index contributed by atoms with van der Waals surface area (Å²) in [7, 11) is 1.69. The molecule has 1 heteroatoms. The second kappa shape index (κ2) is 8.12. The van der Waals surface area contributed by atoms with Gasteiger partial charge < -0.3 is 4.74 Å². The molecule has 0 bridgehead atoms. The van der Waals surface area contributed by atoms with Gasteiger partial charge >= 0.3 is 0 Å². The fraction of sp³-hybridized carbons (Fsp3) is 0.455. The maximum atomic E-state index is 5.13. The molecule has 0 aromatic heterocycles. The lowest BCUT2D eigenvalue weighted by Gasteiger charge is -1.98. The molecule has 0 saturated heterocycles. The molecule has 12 heavy (non-hydrogen) atoms. The standard InChI is InChI=1S/C11H18O/c1-4-6-8-10-11(12-3)9-7-5-2/h5,7,9-10H,2,4,6,8H2,1,3H3/b9-7-,11-10+. The molecule has 0 amide bonds. The SMILES string of the molecule is C=C/C=C\C(=C/CCCC)OC. The van der Waals surface area contributed by atoms with Crippen molar-refractivity contribution in [3.05, 3.63) is 36.6 Å². The summed E-state index contributed by atoms with van der Waals surface area (Å²) in [6.45, 7) is 5.77. The number of hydrogen-bond acceptors (Lipinski definition) is 1. The van der Waals surface area contributed by atoms with Crippen molar-refractivity contribution in [2.75, 3.05) is 7.11 Å². The first-order chi connectivity index (χ1) is 5.85. The minimum Gasteiger partial charge on any atom is -0.497 e. The van der Waals surface area contributed by atoms with Crippen LogP contribution in [0.3, 0.4) is 0 Å². The van der Waals surface area contributed by atoms with Gasteiger partial charge in [0.15, 0.2) is 0 Å². The van der Waals surface area contributed by atoms with Crippen molar-refractivity contribution in [1.29, 1.82) is 0 Å². The Morgan fingerprint density at radius 3 is 2.75 bits per heavy atom. The summed E-state index contributed by atoms with van der Waals surface area (Å²) in [4.78, 5) is 0. The van der Waals surface area contributed by atoms with E-state index in [4.69, 9.17) is 4.74 Å². The highest BCUT2D eigenvalue weighted by Gasteiger charge is 1.87. The van der Waals surface area contributed by atoms with Gasteiger partial charge in [-0.2, -0.15) is 0 Å². The predicted octanol–water partition coefficient (Wildman–Crippen LogP) is 3.45. The van der Waals surface area contributed by atoms with Crippen LogP contribution in [0.15, 0.2) is 36.6 Å². The van der Waals surface area contributed by atoms with Crippen LogP contribution in [0.5, 0.6) is 0 Å². The van der Waals surface area contributed by atoms with E-state index < -0.39 is 0 Å². The monoisotopic (exact) mass is 166 g/mol. The van der Waals surface area contributed by atoms with Gasteiger partial charge in [-0.25, -0.2) is 0 Å². The van der Waals surface area contributed by atoms with Crippen LogP contribution in [0.25, 0.3) is 0 Å². The van der Waals surface area contributed by atoms with E-state index in [-0.39, 0.29) is 0 Å². The summed E-state index contributed by atoms with van der Waals surface area (Å²) >= 11 is 0. The Morgan fingerprint density at radius 2 is 2.25 bits per heavy atom. The van der Waals surface area contributed by atoms with Crippen LogP contribution in [0.4, 0.5) is 0 Å². The molecular weight excluding hydrogens is 148 g/mol. The Morgan fingerprint density at radius 1 is 1.50 bits per heavy atom. The number of methoxy groups -OCH3 is 1. The van der Waals surface area contributed by atoms with Crippen LogP contribution in [-0.2, 0) is 4.74 Å². The van der Waals surface area contributed by atoms with Crippen molar-refractivity contribution >= 4 is 0 Å². The first-order valence-electron chi connectivity index (χ1n) is 4.38. The van der Waals surface area contributed by atoms with Gasteiger partial charge in [-0.3, -0.25) is 0 Å². The van der Waals surface area contributed by atoms with Crippen LogP contribution in [-0.4, -0.2) is 7.11 Å². The van der Waals surface area contributed by atoms with Crippen LogP contribution in [0.1, 0.15) is 26.2 Å². The maximum Gasteiger partial charge on any atom is 0.114 e. The average molecular weight is 166 g/mol. The molecule has 0 heterocycles. The van der Waals surface area contributed by atoms with Crippen molar-refractivity contribution in [3.63, 3.8) is 0 Å². The minimum atomic E-state index is 0.920. The van der Waals surface area contributed by atoms with Gasteiger partial charge in [0.1, 0.15) is 5.76 Å². The smallest absolute Gasteiger partial charge is 0.114 e. The van der Waals surface area contributed by atoms with Gasteiger partial charge in [-0.05, 0) is 25.0 Å². The summed E-state index contributed by atoms with van der Waals surface area (Å²) in [6, 6.07) is 0. The van der Waals surface area contributed by atoms with Crippen molar-refractivity contribution < 1.29 is 4.74 Å². The maximum absolute atomic E-state index is 5.13. The van der Waals surface area contributed by atoms with Crippen LogP contribution in [0, 0.1) is 0 Å². The van der Waals surface area contributed by atoms with E-state index in [1.165, 1.54) is 12.8 Å². The number of unbranched alkanes of at least 4 members (excludes halogenated alkanes) is 2. The molecule has 0 N–H and O–H groups in total. The van der Waals surface area contributed by atoms with Gasteiger partial charge in [0.05, 0.1) is 7.11 Å². The van der Waals surface area contributed by atoms with E-state index in [0.29, 0.717) is 0 Å². The zero-order chi connectivity index (χ0) is 9.23. The highest BCUT2D eigenvalue weighted by atomic mass is 16.5. The third kappa shape index (κ3) is 5.78. The lowest BCUT2D eigenvalue weighted by atomic mass is 10.2. The van der Waals surface area contributed by atoms with Crippen molar-refractivity contribution in [1.82, 2.24) is 0 Å². The summed E-state index contributed by atoms with van der Waals surface area (Å²) < 4.78 is 5.13. The van der Waals surface area contributed by atoms with E-state index in [1.54, 1.807) is 13.2 Å². The molecule has 0 radical (unpaired) electrons. The number of allylic oxidation sites excluding steroid dienone is 4. The van der Waals surface area contributed by atoms with Crippen molar-refractivity contribution in [3.8, 4) is 0 Å². The largest absolute Gasteiger partial charge is 0.497 e. The lowest BCUT2D eigenvalue weighted by molar-refractivity contribution is 0.305. The van der Waals surface area contributed by atoms with Crippen molar-refractivity contribution in [2.24, 2.45) is 0 Å². The van der Waals surface area contributed by atoms with Crippen molar-refractivity contribution in [2.45, 2.75) is 26.2 Å². The van der Waals surface area contributed by atoms with Crippen LogP contribution < -0.4 is 0 Å². The van der Waals surface area contributed by atoms with E-state index in [9.17, 15) is 0 Å². The highest BCUT2D eigenvalue weighted by Crippen LogP contribution is 2.03. The van der Waals surface area contributed by atoms with Gasteiger partial charge in [-0.1, -0.05) is 32.1 Å². The normalized spacial score (nSPS) is 12.0. The second-order valence-electron chi connectivity index (χ2n) is 2.55. The molecule has 0 rings (SSSR count). The summed E-state index contributed by atoms with van der Waals surface area (Å²) in [5, 5.41) is 0. The fourth-order valence-corrected chi connectivity index (χ4v) is 0.831. The third-order valence-electron chi connectivity index (χ3n) is 1.54. The fourth-order valence-electron chi connectivity index (χ4n) is 0.831. The van der Waals surface area contributed by atoms with E-state index in [2.05, 4.69) is 19.6 Å². The average Bonchev–Trinajstić information content (AvgIpc) is 2.11. The van der Waals surface area contributed by atoms with Crippen LogP contribution in [0.2, 0.25) is 0 Å². The molecule has 0 aliphatic rings. The molecule has 0 aromatic rings. The first kappa shape index (κ1) is 11.0. The minimum absolute atomic E-state index is 0.920. The molecule has 0 fully saturated rings. The Bertz CT molecular complexity index is 166. The van der Waals surface area contributed by atoms with Gasteiger partial charge in [-0.15, -0.1) is 0 Å². The quantitative estimate of drug-likeness (QED) is 0.333. The summed E-state index contributed by atoms with van der Waals surface area (Å²) in [6.07, 6.45) is 11.2. The van der Waals surface area contributed by atoms with E-state index in [1.807, 2.05) is 12.2 Å². The molecule has 0 aromatic carbocycles. The molecule has 0 spiro atoms. The number of rotatable bonds is 6. The van der Waals surface area contributed by atoms with Crippen LogP contribution >= 0.6 is 0 Å². The molecule has 1 nitrogen and oxygen atoms in total. The summed E-state index contributed by atoms with van der Waals surface area (Å²) in [5.74, 6) is 0.920. The predicted molar refractivity (Wildman–Crippen MR) is 54.0 cm³/mol. The van der Waals surface area contributed by atoms with Gasteiger partial charge in [0.25, 0.3) is 0 Å². The second-order valence-corrected chi connectivity index (χ2v) is 2.55. The topological polar surface area (TPSA) is 9.23 Å². The molecule has 0 saturated carbocycles. The van der Waals surface area contributed by atoms with E-state index >= 15 is 0 Å². The molecule has 0 unspecified atom stereocenters. The Hall–Kier alpha value is -0.980. The molecule has 0 atom stereocenters. The zero-order valence-electron chi connectivity index (χ0n) is 8.05. The lowest BCUT2D eigenvalue weighted by Crippen LogP contribution is -1.81. The molecule has 68 valence electrons. The Labute approximate surface area is 75.4 Å². The highest BCUT2D eigenvalue weighted by molar-refractivity contribution is 5.15.